The Morgan fingerprint density at radius 3 is 2.39 bits per heavy atom. The number of piperidine rings is 1. The van der Waals surface area contributed by atoms with E-state index in [-0.39, 0.29) is 0 Å². The Labute approximate surface area is 110 Å². The van der Waals surface area contributed by atoms with E-state index in [0.29, 0.717) is 6.04 Å². The fourth-order valence-corrected chi connectivity index (χ4v) is 2.90. The first kappa shape index (κ1) is 13.2. The zero-order chi connectivity index (χ0) is 13.0. The second-order valence-corrected chi connectivity index (χ2v) is 4.72. The predicted octanol–water partition coefficient (Wildman–Crippen LogP) is 3.25. The van der Waals surface area contributed by atoms with Crippen LogP contribution >= 0.6 is 0 Å². The van der Waals surface area contributed by atoms with Gasteiger partial charge < -0.3 is 9.47 Å². The van der Waals surface area contributed by atoms with Crippen LogP contribution in [0, 0.1) is 0 Å². The van der Waals surface area contributed by atoms with E-state index in [9.17, 15) is 0 Å². The summed E-state index contributed by atoms with van der Waals surface area (Å²) in [6.07, 6.45) is 3.76. The van der Waals surface area contributed by atoms with Crippen LogP contribution in [-0.4, -0.2) is 32.2 Å². The van der Waals surface area contributed by atoms with E-state index in [0.717, 1.165) is 18.0 Å². The first-order chi connectivity index (χ1) is 8.81. The first-order valence-corrected chi connectivity index (χ1v) is 6.76. The molecular weight excluding hydrogens is 226 g/mol. The minimum absolute atomic E-state index is 0.426. The molecule has 1 aliphatic rings. The first-order valence-electron chi connectivity index (χ1n) is 6.76. The Bertz CT molecular complexity index is 370. The molecule has 18 heavy (non-hydrogen) atoms. The van der Waals surface area contributed by atoms with Crippen molar-refractivity contribution in [1.82, 2.24) is 4.90 Å². The van der Waals surface area contributed by atoms with Crippen molar-refractivity contribution < 1.29 is 9.47 Å². The summed E-state index contributed by atoms with van der Waals surface area (Å²) < 4.78 is 11.1. The molecule has 1 fully saturated rings. The van der Waals surface area contributed by atoms with Gasteiger partial charge in [0.2, 0.25) is 0 Å². The zero-order valence-electron chi connectivity index (χ0n) is 11.6. The molecule has 0 aromatic heterocycles. The molecule has 1 aliphatic heterocycles. The monoisotopic (exact) mass is 249 g/mol. The highest BCUT2D eigenvalue weighted by Gasteiger charge is 2.27. The molecule has 2 rings (SSSR count). The highest BCUT2D eigenvalue weighted by Crippen LogP contribution is 2.41. The molecule has 0 radical (unpaired) electrons. The largest absolute Gasteiger partial charge is 0.496 e. The van der Waals surface area contributed by atoms with Crippen molar-refractivity contribution in [2.45, 2.75) is 32.2 Å². The highest BCUT2D eigenvalue weighted by atomic mass is 16.5. The van der Waals surface area contributed by atoms with E-state index in [1.54, 1.807) is 14.2 Å². The maximum Gasteiger partial charge on any atom is 0.127 e. The normalized spacial score (nSPS) is 20.7. The van der Waals surface area contributed by atoms with Crippen LogP contribution in [0.4, 0.5) is 0 Å². The van der Waals surface area contributed by atoms with E-state index < -0.39 is 0 Å². The van der Waals surface area contributed by atoms with Gasteiger partial charge in [-0.05, 0) is 38.1 Å². The van der Waals surface area contributed by atoms with Crippen molar-refractivity contribution in [3.63, 3.8) is 0 Å². The van der Waals surface area contributed by atoms with Gasteiger partial charge in [0, 0.05) is 6.04 Å². The van der Waals surface area contributed by atoms with E-state index >= 15 is 0 Å². The Morgan fingerprint density at radius 2 is 1.83 bits per heavy atom. The van der Waals surface area contributed by atoms with E-state index in [1.807, 2.05) is 18.2 Å². The van der Waals surface area contributed by atoms with Crippen LogP contribution in [0.25, 0.3) is 0 Å². The number of benzene rings is 1. The van der Waals surface area contributed by atoms with E-state index in [1.165, 1.54) is 31.4 Å². The van der Waals surface area contributed by atoms with Crippen molar-refractivity contribution in [2.24, 2.45) is 0 Å². The van der Waals surface area contributed by atoms with Gasteiger partial charge in [-0.1, -0.05) is 19.4 Å². The van der Waals surface area contributed by atoms with Gasteiger partial charge in [0.05, 0.1) is 19.8 Å². The van der Waals surface area contributed by atoms with Gasteiger partial charge in [0.25, 0.3) is 0 Å². The molecule has 0 spiro atoms. The SMILES string of the molecule is CCN1CCCCC1c1c(OC)cccc1OC. The van der Waals surface area contributed by atoms with Gasteiger partial charge in [-0.15, -0.1) is 0 Å². The van der Waals surface area contributed by atoms with Gasteiger partial charge in [-0.3, -0.25) is 4.90 Å². The van der Waals surface area contributed by atoms with Crippen molar-refractivity contribution >= 4 is 0 Å². The Morgan fingerprint density at radius 1 is 1.17 bits per heavy atom. The molecule has 3 heteroatoms. The minimum Gasteiger partial charge on any atom is -0.496 e. The molecule has 3 nitrogen and oxygen atoms in total. The van der Waals surface area contributed by atoms with Crippen molar-refractivity contribution in [2.75, 3.05) is 27.3 Å². The highest BCUT2D eigenvalue weighted by molar-refractivity contribution is 5.47. The van der Waals surface area contributed by atoms with Crippen LogP contribution < -0.4 is 9.47 Å². The number of rotatable bonds is 4. The number of nitrogens with zero attached hydrogens (tertiary/aromatic N) is 1. The lowest BCUT2D eigenvalue weighted by Crippen LogP contribution is -2.33. The topological polar surface area (TPSA) is 21.7 Å². The third-order valence-electron chi connectivity index (χ3n) is 3.82. The summed E-state index contributed by atoms with van der Waals surface area (Å²) in [4.78, 5) is 2.52. The quantitative estimate of drug-likeness (QED) is 0.817. The maximum atomic E-state index is 5.53. The summed E-state index contributed by atoms with van der Waals surface area (Å²) >= 11 is 0. The Kier molecular flexibility index (Phi) is 4.48. The molecule has 0 N–H and O–H groups in total. The molecular formula is C15H23NO2. The molecule has 0 amide bonds. The number of likely N-dealkylation sites (tertiary alicyclic amines) is 1. The van der Waals surface area contributed by atoms with Crippen LogP contribution in [0.5, 0.6) is 11.5 Å². The molecule has 0 saturated carbocycles. The van der Waals surface area contributed by atoms with Gasteiger partial charge >= 0.3 is 0 Å². The second-order valence-electron chi connectivity index (χ2n) is 4.72. The third-order valence-corrected chi connectivity index (χ3v) is 3.82. The summed E-state index contributed by atoms with van der Waals surface area (Å²) in [6.45, 7) is 4.47. The number of ether oxygens (including phenoxy) is 2. The van der Waals surface area contributed by atoms with Gasteiger partial charge in [0.1, 0.15) is 11.5 Å². The lowest BCUT2D eigenvalue weighted by molar-refractivity contribution is 0.151. The minimum atomic E-state index is 0.426. The fourth-order valence-electron chi connectivity index (χ4n) is 2.90. The van der Waals surface area contributed by atoms with E-state index in [2.05, 4.69) is 11.8 Å². The number of hydrogen-bond acceptors (Lipinski definition) is 3. The Balaban J connectivity index is 2.40. The molecule has 1 saturated heterocycles. The number of methoxy groups -OCH3 is 2. The fraction of sp³-hybridized carbons (Fsp3) is 0.600. The van der Waals surface area contributed by atoms with Crippen LogP contribution in [0.15, 0.2) is 18.2 Å². The summed E-state index contributed by atoms with van der Waals surface area (Å²) in [5, 5.41) is 0. The van der Waals surface area contributed by atoms with Gasteiger partial charge in [0.15, 0.2) is 0 Å². The summed E-state index contributed by atoms with van der Waals surface area (Å²) in [5.74, 6) is 1.89. The van der Waals surface area contributed by atoms with Gasteiger partial charge in [-0.25, -0.2) is 0 Å². The van der Waals surface area contributed by atoms with Crippen molar-refractivity contribution in [1.29, 1.82) is 0 Å². The third kappa shape index (κ3) is 2.46. The van der Waals surface area contributed by atoms with Crippen molar-refractivity contribution in [3.8, 4) is 11.5 Å². The average molecular weight is 249 g/mol. The smallest absolute Gasteiger partial charge is 0.127 e. The van der Waals surface area contributed by atoms with Crippen LogP contribution in [0.3, 0.4) is 0 Å². The molecule has 0 bridgehead atoms. The second kappa shape index (κ2) is 6.10. The van der Waals surface area contributed by atoms with Crippen molar-refractivity contribution in [3.05, 3.63) is 23.8 Å². The lowest BCUT2D eigenvalue weighted by Gasteiger charge is -2.36. The molecule has 1 heterocycles. The molecule has 0 aliphatic carbocycles. The summed E-state index contributed by atoms with van der Waals surface area (Å²) in [7, 11) is 3.47. The average Bonchev–Trinajstić information content (AvgIpc) is 2.46. The predicted molar refractivity (Wildman–Crippen MR) is 73.4 cm³/mol. The van der Waals surface area contributed by atoms with Gasteiger partial charge in [-0.2, -0.15) is 0 Å². The number of hydrogen-bond donors (Lipinski definition) is 0. The summed E-state index contributed by atoms with van der Waals surface area (Å²) in [5.41, 5.74) is 1.21. The molecule has 100 valence electrons. The molecule has 1 aromatic rings. The van der Waals surface area contributed by atoms with E-state index in [4.69, 9.17) is 9.47 Å². The molecule has 1 aromatic carbocycles. The maximum absolute atomic E-state index is 5.53. The zero-order valence-corrected chi connectivity index (χ0v) is 11.6. The summed E-state index contributed by atoms with van der Waals surface area (Å²) in [6, 6.07) is 6.47. The van der Waals surface area contributed by atoms with Crippen LogP contribution in [-0.2, 0) is 0 Å². The molecule has 1 atom stereocenters. The van der Waals surface area contributed by atoms with Crippen LogP contribution in [0.2, 0.25) is 0 Å². The standard InChI is InChI=1S/C15H23NO2/c1-4-16-11-6-5-8-12(16)15-13(17-2)9-7-10-14(15)18-3/h7,9-10,12H,4-6,8,11H2,1-3H3. The van der Waals surface area contributed by atoms with Crippen LogP contribution in [0.1, 0.15) is 37.8 Å². The molecule has 1 unspecified atom stereocenters. The lowest BCUT2D eigenvalue weighted by atomic mass is 9.94. The Hall–Kier alpha value is -1.22.